The van der Waals surface area contributed by atoms with E-state index >= 15 is 0 Å². The Hall–Kier alpha value is -2.53. The van der Waals surface area contributed by atoms with Gasteiger partial charge in [-0.1, -0.05) is 36.4 Å². The minimum atomic E-state index is -0.0321. The molecule has 0 aromatic heterocycles. The van der Waals surface area contributed by atoms with Crippen LogP contribution >= 0.6 is 0 Å². The zero-order valence-electron chi connectivity index (χ0n) is 14.4. The second-order valence-corrected chi connectivity index (χ2v) is 6.04. The van der Waals surface area contributed by atoms with E-state index in [1.807, 2.05) is 48.5 Å². The number of hydrogen-bond donors (Lipinski definition) is 1. The molecule has 1 fully saturated rings. The van der Waals surface area contributed by atoms with E-state index in [0.29, 0.717) is 37.9 Å². The van der Waals surface area contributed by atoms with Gasteiger partial charge < -0.3 is 19.5 Å². The number of benzene rings is 2. The molecule has 132 valence electrons. The quantitative estimate of drug-likeness (QED) is 0.841. The van der Waals surface area contributed by atoms with Crippen LogP contribution in [0.15, 0.2) is 48.5 Å². The van der Waals surface area contributed by atoms with Gasteiger partial charge in [0.05, 0.1) is 19.6 Å². The molecule has 3 rings (SSSR count). The third-order valence-electron chi connectivity index (χ3n) is 4.23. The van der Waals surface area contributed by atoms with Gasteiger partial charge >= 0.3 is 0 Å². The summed E-state index contributed by atoms with van der Waals surface area (Å²) in [7, 11) is 1.61. The molecule has 0 saturated carbocycles. The lowest BCUT2D eigenvalue weighted by Crippen LogP contribution is -2.30. The molecule has 1 saturated heterocycles. The van der Waals surface area contributed by atoms with E-state index < -0.39 is 0 Å². The van der Waals surface area contributed by atoms with Crippen LogP contribution in [-0.4, -0.2) is 26.2 Å². The monoisotopic (exact) mass is 341 g/mol. The van der Waals surface area contributed by atoms with Crippen LogP contribution < -0.4 is 14.8 Å². The van der Waals surface area contributed by atoms with Gasteiger partial charge in [0, 0.05) is 13.2 Å². The van der Waals surface area contributed by atoms with Crippen molar-refractivity contribution in [2.75, 3.05) is 20.3 Å². The molecule has 1 heterocycles. The summed E-state index contributed by atoms with van der Waals surface area (Å²) >= 11 is 0. The fourth-order valence-corrected chi connectivity index (χ4v) is 2.75. The zero-order valence-corrected chi connectivity index (χ0v) is 14.4. The predicted molar refractivity (Wildman–Crippen MR) is 94.5 cm³/mol. The molecule has 0 aliphatic carbocycles. The van der Waals surface area contributed by atoms with Crippen LogP contribution in [-0.2, 0) is 22.7 Å². The number of amides is 1. The molecule has 1 aliphatic rings. The first-order valence-corrected chi connectivity index (χ1v) is 8.45. The smallest absolute Gasteiger partial charge is 0.225 e. The number of nitrogens with one attached hydrogen (secondary N) is 1. The summed E-state index contributed by atoms with van der Waals surface area (Å²) < 4.78 is 16.5. The second kappa shape index (κ2) is 8.53. The summed E-state index contributed by atoms with van der Waals surface area (Å²) in [4.78, 5) is 12.1. The highest BCUT2D eigenvalue weighted by molar-refractivity contribution is 5.79. The van der Waals surface area contributed by atoms with Gasteiger partial charge in [-0.2, -0.15) is 0 Å². The normalized spacial score (nSPS) is 16.4. The number of carbonyl (C=O) groups excluding carboxylic acids is 1. The molecule has 2 aromatic carbocycles. The van der Waals surface area contributed by atoms with E-state index in [1.165, 1.54) is 0 Å². The summed E-state index contributed by atoms with van der Waals surface area (Å²) in [5.74, 6) is 1.36. The van der Waals surface area contributed by atoms with Gasteiger partial charge in [0.25, 0.3) is 0 Å². The molecule has 0 radical (unpaired) electrons. The molecule has 0 spiro atoms. The number of hydrogen-bond acceptors (Lipinski definition) is 4. The van der Waals surface area contributed by atoms with Crippen molar-refractivity contribution in [3.8, 4) is 11.5 Å². The highest BCUT2D eigenvalue weighted by Crippen LogP contribution is 2.29. The maximum absolute atomic E-state index is 12.1. The summed E-state index contributed by atoms with van der Waals surface area (Å²) in [5.41, 5.74) is 2.07. The molecule has 1 aliphatic heterocycles. The Labute approximate surface area is 147 Å². The van der Waals surface area contributed by atoms with Crippen molar-refractivity contribution in [2.45, 2.75) is 19.6 Å². The first-order valence-electron chi connectivity index (χ1n) is 8.45. The molecule has 1 atom stereocenters. The van der Waals surface area contributed by atoms with E-state index in [-0.39, 0.29) is 11.8 Å². The topological polar surface area (TPSA) is 56.8 Å². The predicted octanol–water partition coefficient (Wildman–Crippen LogP) is 2.93. The average molecular weight is 341 g/mol. The largest absolute Gasteiger partial charge is 0.493 e. The van der Waals surface area contributed by atoms with Crippen LogP contribution in [0, 0.1) is 5.92 Å². The standard InChI is InChI=1S/C20H23NO4/c1-23-19-11-16(12-21-20(22)17-9-10-24-14-17)7-8-18(19)25-13-15-5-3-2-4-6-15/h2-8,11,17H,9-10,12-14H2,1H3,(H,21,22). The van der Waals surface area contributed by atoms with Crippen LogP contribution in [0.2, 0.25) is 0 Å². The Morgan fingerprint density at radius 2 is 2.00 bits per heavy atom. The molecule has 0 bridgehead atoms. The van der Waals surface area contributed by atoms with Crippen LogP contribution in [0.3, 0.4) is 0 Å². The van der Waals surface area contributed by atoms with Crippen LogP contribution in [0.1, 0.15) is 17.5 Å². The Bertz CT molecular complexity index is 696. The average Bonchev–Trinajstić information content (AvgIpc) is 3.20. The molecule has 5 nitrogen and oxygen atoms in total. The van der Waals surface area contributed by atoms with Crippen molar-refractivity contribution < 1.29 is 19.0 Å². The Kier molecular flexibility index (Phi) is 5.90. The Balaban J connectivity index is 1.58. The van der Waals surface area contributed by atoms with E-state index in [4.69, 9.17) is 14.2 Å². The van der Waals surface area contributed by atoms with Gasteiger partial charge in [0.1, 0.15) is 6.61 Å². The van der Waals surface area contributed by atoms with Crippen molar-refractivity contribution in [3.63, 3.8) is 0 Å². The van der Waals surface area contributed by atoms with Crippen LogP contribution in [0.5, 0.6) is 11.5 Å². The third kappa shape index (κ3) is 4.73. The fraction of sp³-hybridized carbons (Fsp3) is 0.350. The van der Waals surface area contributed by atoms with E-state index in [2.05, 4.69) is 5.32 Å². The maximum atomic E-state index is 12.1. The first kappa shape index (κ1) is 17.3. The van der Waals surface area contributed by atoms with Gasteiger partial charge in [-0.25, -0.2) is 0 Å². The highest BCUT2D eigenvalue weighted by atomic mass is 16.5. The minimum Gasteiger partial charge on any atom is -0.493 e. The summed E-state index contributed by atoms with van der Waals surface area (Å²) in [5, 5.41) is 2.95. The molecule has 1 unspecified atom stereocenters. The highest BCUT2D eigenvalue weighted by Gasteiger charge is 2.23. The van der Waals surface area contributed by atoms with Crippen molar-refractivity contribution in [1.29, 1.82) is 0 Å². The number of rotatable bonds is 7. The molecular formula is C20H23NO4. The fourth-order valence-electron chi connectivity index (χ4n) is 2.75. The lowest BCUT2D eigenvalue weighted by molar-refractivity contribution is -0.125. The zero-order chi connectivity index (χ0) is 17.5. The van der Waals surface area contributed by atoms with Crippen molar-refractivity contribution in [1.82, 2.24) is 5.32 Å². The van der Waals surface area contributed by atoms with Crippen molar-refractivity contribution in [2.24, 2.45) is 5.92 Å². The second-order valence-electron chi connectivity index (χ2n) is 6.04. The summed E-state index contributed by atoms with van der Waals surface area (Å²) in [6.07, 6.45) is 0.793. The number of ether oxygens (including phenoxy) is 3. The lowest BCUT2D eigenvalue weighted by Gasteiger charge is -2.13. The van der Waals surface area contributed by atoms with Gasteiger partial charge in [0.2, 0.25) is 5.91 Å². The van der Waals surface area contributed by atoms with Crippen molar-refractivity contribution >= 4 is 5.91 Å². The number of methoxy groups -OCH3 is 1. The molecule has 2 aromatic rings. The SMILES string of the molecule is COc1cc(CNC(=O)C2CCOC2)ccc1OCc1ccccc1. The maximum Gasteiger partial charge on any atom is 0.225 e. The molecular weight excluding hydrogens is 318 g/mol. The van der Waals surface area contributed by atoms with E-state index in [9.17, 15) is 4.79 Å². The minimum absolute atomic E-state index is 0.0321. The van der Waals surface area contributed by atoms with E-state index in [1.54, 1.807) is 7.11 Å². The Morgan fingerprint density at radius 3 is 2.72 bits per heavy atom. The van der Waals surface area contributed by atoms with Crippen LogP contribution in [0.25, 0.3) is 0 Å². The first-order chi connectivity index (χ1) is 12.3. The number of carbonyl (C=O) groups is 1. The van der Waals surface area contributed by atoms with E-state index in [0.717, 1.165) is 17.5 Å². The third-order valence-corrected chi connectivity index (χ3v) is 4.23. The Morgan fingerprint density at radius 1 is 1.16 bits per heavy atom. The van der Waals surface area contributed by atoms with Gasteiger partial charge in [-0.15, -0.1) is 0 Å². The summed E-state index contributed by atoms with van der Waals surface area (Å²) in [6.45, 7) is 2.13. The molecule has 1 N–H and O–H groups in total. The summed E-state index contributed by atoms with van der Waals surface area (Å²) in [6, 6.07) is 15.7. The van der Waals surface area contributed by atoms with Gasteiger partial charge in [0.15, 0.2) is 11.5 Å². The molecule has 1 amide bonds. The molecule has 5 heteroatoms. The lowest BCUT2D eigenvalue weighted by atomic mass is 10.1. The molecule has 25 heavy (non-hydrogen) atoms. The van der Waals surface area contributed by atoms with Gasteiger partial charge in [-0.3, -0.25) is 4.79 Å². The van der Waals surface area contributed by atoms with Crippen LogP contribution in [0.4, 0.5) is 0 Å². The van der Waals surface area contributed by atoms with Gasteiger partial charge in [-0.05, 0) is 29.7 Å². The van der Waals surface area contributed by atoms with Crippen molar-refractivity contribution in [3.05, 3.63) is 59.7 Å².